The van der Waals surface area contributed by atoms with E-state index in [-0.39, 0.29) is 5.41 Å². The van der Waals surface area contributed by atoms with E-state index >= 15 is 0 Å². The highest BCUT2D eigenvalue weighted by Gasteiger charge is 2.19. The van der Waals surface area contributed by atoms with Crippen molar-refractivity contribution in [2.45, 2.75) is 40.0 Å². The molecule has 0 unspecified atom stereocenters. The lowest BCUT2D eigenvalue weighted by Gasteiger charge is -2.22. The molecule has 0 aliphatic carbocycles. The number of aromatic amines is 1. The molecule has 0 bridgehead atoms. The van der Waals surface area contributed by atoms with Gasteiger partial charge >= 0.3 is 0 Å². The Morgan fingerprint density at radius 2 is 1.74 bits per heavy atom. The van der Waals surface area contributed by atoms with Gasteiger partial charge in [-0.15, -0.1) is 0 Å². The van der Waals surface area contributed by atoms with Gasteiger partial charge < -0.3 is 4.98 Å². The maximum atomic E-state index is 11.0. The summed E-state index contributed by atoms with van der Waals surface area (Å²) in [6, 6.07) is 4.37. The third-order valence-corrected chi connectivity index (χ3v) is 3.42. The van der Waals surface area contributed by atoms with Crippen molar-refractivity contribution in [2.24, 2.45) is 0 Å². The fraction of sp³-hybridized carbons (Fsp3) is 0.375. The number of hydrogen-bond donors (Lipinski definition) is 1. The SMILES string of the molecule is Cc1cc(C(C)(C)C)cc(C)c1-c1nc[nH]c1C=O. The van der Waals surface area contributed by atoms with Gasteiger partial charge in [0.1, 0.15) is 5.69 Å². The zero-order valence-electron chi connectivity index (χ0n) is 12.2. The minimum atomic E-state index is 0.118. The number of benzene rings is 1. The van der Waals surface area contributed by atoms with E-state index in [0.29, 0.717) is 5.69 Å². The number of nitrogens with zero attached hydrogens (tertiary/aromatic N) is 1. The molecule has 0 spiro atoms. The van der Waals surface area contributed by atoms with Crippen LogP contribution in [-0.2, 0) is 5.41 Å². The number of nitrogens with one attached hydrogen (secondary N) is 1. The van der Waals surface area contributed by atoms with E-state index < -0.39 is 0 Å². The van der Waals surface area contributed by atoms with Crippen LogP contribution >= 0.6 is 0 Å². The first-order valence-corrected chi connectivity index (χ1v) is 6.45. The summed E-state index contributed by atoms with van der Waals surface area (Å²) in [6.07, 6.45) is 2.38. The van der Waals surface area contributed by atoms with E-state index in [1.807, 2.05) is 0 Å². The molecule has 0 saturated heterocycles. The molecular weight excluding hydrogens is 236 g/mol. The van der Waals surface area contributed by atoms with E-state index in [0.717, 1.165) is 28.7 Å². The van der Waals surface area contributed by atoms with Crippen molar-refractivity contribution in [1.29, 1.82) is 0 Å². The standard InChI is InChI=1S/C16H20N2O/c1-10-6-12(16(3,4)5)7-11(2)14(10)15-13(8-19)17-9-18-15/h6-9H,1-5H3,(H,17,18). The highest BCUT2D eigenvalue weighted by molar-refractivity contribution is 5.85. The van der Waals surface area contributed by atoms with Crippen LogP contribution in [0.1, 0.15) is 48.0 Å². The predicted molar refractivity (Wildman–Crippen MR) is 77.6 cm³/mol. The molecule has 2 aromatic rings. The summed E-state index contributed by atoms with van der Waals surface area (Å²) in [7, 11) is 0. The Kier molecular flexibility index (Phi) is 3.31. The first-order chi connectivity index (χ1) is 8.84. The van der Waals surface area contributed by atoms with Crippen molar-refractivity contribution < 1.29 is 4.79 Å². The lowest BCUT2D eigenvalue weighted by molar-refractivity contribution is 0.112. The Balaban J connectivity index is 2.64. The molecule has 1 aromatic heterocycles. The van der Waals surface area contributed by atoms with Gasteiger partial charge in [-0.25, -0.2) is 4.98 Å². The number of aldehydes is 1. The third-order valence-electron chi connectivity index (χ3n) is 3.42. The van der Waals surface area contributed by atoms with E-state index in [1.165, 1.54) is 5.56 Å². The van der Waals surface area contributed by atoms with Crippen LogP contribution in [0.25, 0.3) is 11.3 Å². The molecule has 3 nitrogen and oxygen atoms in total. The first kappa shape index (κ1) is 13.5. The van der Waals surface area contributed by atoms with E-state index in [4.69, 9.17) is 0 Å². The molecule has 1 N–H and O–H groups in total. The van der Waals surface area contributed by atoms with Gasteiger partial charge in [-0.2, -0.15) is 0 Å². The largest absolute Gasteiger partial charge is 0.342 e. The Morgan fingerprint density at radius 1 is 1.16 bits per heavy atom. The summed E-state index contributed by atoms with van der Waals surface area (Å²) in [5.74, 6) is 0. The van der Waals surface area contributed by atoms with Crippen molar-refractivity contribution in [1.82, 2.24) is 9.97 Å². The molecule has 0 saturated carbocycles. The maximum absolute atomic E-state index is 11.0. The summed E-state index contributed by atoms with van der Waals surface area (Å²) in [6.45, 7) is 10.7. The molecular formula is C16H20N2O. The Labute approximate surface area is 114 Å². The Morgan fingerprint density at radius 3 is 2.21 bits per heavy atom. The zero-order valence-corrected chi connectivity index (χ0v) is 12.2. The van der Waals surface area contributed by atoms with Gasteiger partial charge in [-0.1, -0.05) is 32.9 Å². The second-order valence-corrected chi connectivity index (χ2v) is 6.02. The fourth-order valence-corrected chi connectivity index (χ4v) is 2.36. The molecule has 1 heterocycles. The predicted octanol–water partition coefficient (Wildman–Crippen LogP) is 3.80. The summed E-state index contributed by atoms with van der Waals surface area (Å²) >= 11 is 0. The average molecular weight is 256 g/mol. The molecule has 19 heavy (non-hydrogen) atoms. The van der Waals surface area contributed by atoms with Gasteiger partial charge in [-0.05, 0) is 36.0 Å². The van der Waals surface area contributed by atoms with E-state index in [1.54, 1.807) is 6.33 Å². The number of rotatable bonds is 2. The van der Waals surface area contributed by atoms with Gasteiger partial charge in [0.2, 0.25) is 0 Å². The molecule has 3 heteroatoms. The summed E-state index contributed by atoms with van der Waals surface area (Å²) < 4.78 is 0. The number of aryl methyl sites for hydroxylation is 2. The molecule has 0 aliphatic heterocycles. The number of carbonyl (C=O) groups is 1. The molecule has 0 atom stereocenters. The minimum Gasteiger partial charge on any atom is -0.342 e. The number of aromatic nitrogens is 2. The molecule has 1 aromatic carbocycles. The smallest absolute Gasteiger partial charge is 0.168 e. The Bertz CT molecular complexity index is 595. The van der Waals surface area contributed by atoms with Crippen LogP contribution in [0.5, 0.6) is 0 Å². The maximum Gasteiger partial charge on any atom is 0.168 e. The van der Waals surface area contributed by atoms with Crippen LogP contribution in [0.2, 0.25) is 0 Å². The van der Waals surface area contributed by atoms with E-state index in [9.17, 15) is 4.79 Å². The summed E-state index contributed by atoms with van der Waals surface area (Å²) in [5, 5.41) is 0. The van der Waals surface area contributed by atoms with Gasteiger partial charge in [0.05, 0.1) is 12.0 Å². The molecule has 0 fully saturated rings. The van der Waals surface area contributed by atoms with Crippen LogP contribution in [-0.4, -0.2) is 16.3 Å². The zero-order chi connectivity index (χ0) is 14.2. The highest BCUT2D eigenvalue weighted by atomic mass is 16.1. The molecule has 0 amide bonds. The highest BCUT2D eigenvalue weighted by Crippen LogP contribution is 2.32. The monoisotopic (exact) mass is 256 g/mol. The van der Waals surface area contributed by atoms with Crippen molar-refractivity contribution in [3.8, 4) is 11.3 Å². The average Bonchev–Trinajstić information content (AvgIpc) is 2.75. The molecule has 2 rings (SSSR count). The quantitative estimate of drug-likeness (QED) is 0.831. The molecule has 100 valence electrons. The van der Waals surface area contributed by atoms with Crippen LogP contribution in [0, 0.1) is 13.8 Å². The van der Waals surface area contributed by atoms with E-state index in [2.05, 4.69) is 56.7 Å². The Hall–Kier alpha value is -1.90. The van der Waals surface area contributed by atoms with Gasteiger partial charge in [-0.3, -0.25) is 4.79 Å². The minimum absolute atomic E-state index is 0.118. The topological polar surface area (TPSA) is 45.8 Å². The second-order valence-electron chi connectivity index (χ2n) is 6.02. The number of H-pyrrole nitrogens is 1. The number of carbonyl (C=O) groups excluding carboxylic acids is 1. The van der Waals surface area contributed by atoms with Crippen molar-refractivity contribution >= 4 is 6.29 Å². The van der Waals surface area contributed by atoms with Crippen molar-refractivity contribution in [2.75, 3.05) is 0 Å². The summed E-state index contributed by atoms with van der Waals surface area (Å²) in [4.78, 5) is 18.2. The normalized spacial score (nSPS) is 11.6. The first-order valence-electron chi connectivity index (χ1n) is 6.45. The summed E-state index contributed by atoms with van der Waals surface area (Å²) in [5.41, 5.74) is 6.05. The molecule has 0 radical (unpaired) electrons. The second kappa shape index (κ2) is 4.65. The van der Waals surface area contributed by atoms with Crippen LogP contribution in [0.15, 0.2) is 18.5 Å². The number of imidazole rings is 1. The van der Waals surface area contributed by atoms with Crippen molar-refractivity contribution in [3.05, 3.63) is 40.8 Å². The lowest BCUT2D eigenvalue weighted by atomic mass is 9.83. The number of hydrogen-bond acceptors (Lipinski definition) is 2. The van der Waals surface area contributed by atoms with Gasteiger partial charge in [0, 0.05) is 5.56 Å². The fourth-order valence-electron chi connectivity index (χ4n) is 2.36. The molecule has 0 aliphatic rings. The lowest BCUT2D eigenvalue weighted by Crippen LogP contribution is -2.12. The third kappa shape index (κ3) is 2.46. The van der Waals surface area contributed by atoms with Crippen LogP contribution in [0.4, 0.5) is 0 Å². The van der Waals surface area contributed by atoms with Crippen molar-refractivity contribution in [3.63, 3.8) is 0 Å². The van der Waals surface area contributed by atoms with Crippen LogP contribution < -0.4 is 0 Å². The van der Waals surface area contributed by atoms with Crippen LogP contribution in [0.3, 0.4) is 0 Å². The van der Waals surface area contributed by atoms with Gasteiger partial charge in [0.25, 0.3) is 0 Å². The van der Waals surface area contributed by atoms with Gasteiger partial charge in [0.15, 0.2) is 6.29 Å².